The third-order valence-corrected chi connectivity index (χ3v) is 12.1. The maximum atomic E-state index is 14.3. The quantitative estimate of drug-likeness (QED) is 0.0222. The number of hydrogen-bond donors (Lipinski definition) is 2. The molecule has 2 atom stereocenters. The minimum absolute atomic E-state index is 0.0631. The molecule has 0 fully saturated rings. The number of ether oxygens (including phenoxy) is 4. The average Bonchev–Trinajstić information content (AvgIpc) is 3.33. The molecule has 0 amide bonds. The molecule has 0 radical (unpaired) electrons. The van der Waals surface area contributed by atoms with Gasteiger partial charge in [-0.2, -0.15) is 26.3 Å². The van der Waals surface area contributed by atoms with Gasteiger partial charge in [-0.15, -0.1) is 0 Å². The third-order valence-electron chi connectivity index (χ3n) is 12.1. The zero-order valence-electron chi connectivity index (χ0n) is 39.8. The van der Waals surface area contributed by atoms with Crippen molar-refractivity contribution in [2.75, 3.05) is 26.4 Å². The van der Waals surface area contributed by atoms with Crippen LogP contribution in [0.2, 0.25) is 0 Å². The highest BCUT2D eigenvalue weighted by Crippen LogP contribution is 2.40. The van der Waals surface area contributed by atoms with Crippen molar-refractivity contribution in [2.45, 2.75) is 122 Å². The standard InChI is InChI=1S/C55H60F6O10/c1-4-7-9-13-35-17-23-42(46(27-35)54(56,57)58)44-29-37-19-21-39(31-50(37)70-52(44)64)68-33-41(67-26-12-16-49(63)48(62)15-11-25-66-6-3)34-69-40-22-20-38-30-45(53(65)71-51(38)32-40)43-24-18-36(14-10-8-5-2)28-47(43)55(59,60)61/h6,17-24,27-32,41,48-49,62-63H,3-5,7-16,25-26,33-34H2,1-2H3. The maximum Gasteiger partial charge on any atom is 0.417 e. The minimum Gasteiger partial charge on any atom is -0.502 e. The number of benzene rings is 4. The summed E-state index contributed by atoms with van der Waals surface area (Å²) in [4.78, 5) is 26.6. The molecule has 0 saturated carbocycles. The second kappa shape index (κ2) is 25.3. The number of alkyl halides is 6. The van der Waals surface area contributed by atoms with Crippen LogP contribution in [0.25, 0.3) is 44.2 Å². The first-order chi connectivity index (χ1) is 34.0. The molecule has 2 unspecified atom stereocenters. The average molecular weight is 995 g/mol. The minimum atomic E-state index is -4.72. The Balaban J connectivity index is 1.18. The molecule has 0 spiro atoms. The number of aliphatic hydroxyl groups excluding tert-OH is 2. The van der Waals surface area contributed by atoms with Crippen LogP contribution in [0.15, 0.2) is 116 Å². The second-order valence-corrected chi connectivity index (χ2v) is 17.5. The third kappa shape index (κ3) is 15.2. The van der Waals surface area contributed by atoms with Gasteiger partial charge in [0.1, 0.15) is 42.0 Å². The van der Waals surface area contributed by atoms with Crippen molar-refractivity contribution in [1.82, 2.24) is 0 Å². The highest BCUT2D eigenvalue weighted by Gasteiger charge is 2.36. The number of halogens is 6. The molecule has 0 aliphatic heterocycles. The maximum absolute atomic E-state index is 14.3. The van der Waals surface area contributed by atoms with Gasteiger partial charge in [-0.3, -0.25) is 0 Å². The van der Waals surface area contributed by atoms with Crippen molar-refractivity contribution in [3.05, 3.63) is 141 Å². The molecule has 4 aromatic carbocycles. The fourth-order valence-corrected chi connectivity index (χ4v) is 8.24. The molecule has 2 N–H and O–H groups in total. The Bertz CT molecular complexity index is 2640. The smallest absolute Gasteiger partial charge is 0.417 e. The molecule has 382 valence electrons. The van der Waals surface area contributed by atoms with Crippen molar-refractivity contribution >= 4 is 21.9 Å². The lowest BCUT2D eigenvalue weighted by molar-refractivity contribution is -0.138. The fourth-order valence-electron chi connectivity index (χ4n) is 8.24. The van der Waals surface area contributed by atoms with Gasteiger partial charge in [0.15, 0.2) is 0 Å². The first kappa shape index (κ1) is 54.2. The first-order valence-corrected chi connectivity index (χ1v) is 24.0. The Hall–Kier alpha value is -6.10. The number of rotatable bonds is 27. The van der Waals surface area contributed by atoms with Gasteiger partial charge in [-0.1, -0.05) is 70.4 Å². The summed E-state index contributed by atoms with van der Waals surface area (Å²) < 4.78 is 120. The van der Waals surface area contributed by atoms with Crippen LogP contribution in [0.4, 0.5) is 26.3 Å². The number of unbranched alkanes of at least 4 members (excludes halogenated alkanes) is 4. The topological polar surface area (TPSA) is 138 Å². The van der Waals surface area contributed by atoms with Crippen molar-refractivity contribution in [2.24, 2.45) is 0 Å². The van der Waals surface area contributed by atoms with Crippen LogP contribution in [0.5, 0.6) is 11.5 Å². The van der Waals surface area contributed by atoms with E-state index in [-0.39, 0.29) is 71.2 Å². The Morgan fingerprint density at radius 2 is 1.03 bits per heavy atom. The molecular formula is C55H60F6O10. The molecule has 10 nitrogen and oxygen atoms in total. The number of fused-ring (bicyclic) bond motifs is 2. The first-order valence-electron chi connectivity index (χ1n) is 24.0. The molecule has 0 aliphatic carbocycles. The van der Waals surface area contributed by atoms with E-state index in [4.69, 9.17) is 27.8 Å². The fraction of sp³-hybridized carbons (Fsp3) is 0.418. The predicted octanol–water partition coefficient (Wildman–Crippen LogP) is 13.0. The van der Waals surface area contributed by atoms with Gasteiger partial charge in [0.25, 0.3) is 0 Å². The highest BCUT2D eigenvalue weighted by molar-refractivity contribution is 5.85. The zero-order chi connectivity index (χ0) is 51.1. The molecule has 2 heterocycles. The van der Waals surface area contributed by atoms with Gasteiger partial charge < -0.3 is 38.0 Å². The van der Waals surface area contributed by atoms with Gasteiger partial charge in [0.2, 0.25) is 0 Å². The lowest BCUT2D eigenvalue weighted by atomic mass is 9.95. The van der Waals surface area contributed by atoms with Gasteiger partial charge >= 0.3 is 23.6 Å². The summed E-state index contributed by atoms with van der Waals surface area (Å²) in [7, 11) is 0. The van der Waals surface area contributed by atoms with Crippen LogP contribution in [0.1, 0.15) is 100 Å². The van der Waals surface area contributed by atoms with Gasteiger partial charge in [0.05, 0.1) is 47.3 Å². The molecule has 6 rings (SSSR count). The van der Waals surface area contributed by atoms with Crippen molar-refractivity contribution in [3.8, 4) is 33.8 Å². The Morgan fingerprint density at radius 1 is 0.577 bits per heavy atom. The Morgan fingerprint density at radius 3 is 1.45 bits per heavy atom. The van der Waals surface area contributed by atoms with Crippen molar-refractivity contribution in [1.29, 1.82) is 0 Å². The number of hydrogen-bond acceptors (Lipinski definition) is 10. The summed E-state index contributed by atoms with van der Waals surface area (Å²) in [6.45, 7) is 7.67. The lowest BCUT2D eigenvalue weighted by Gasteiger charge is -2.21. The molecule has 0 aliphatic rings. The van der Waals surface area contributed by atoms with E-state index < -0.39 is 53.0 Å². The van der Waals surface area contributed by atoms with Crippen LogP contribution in [-0.2, 0) is 34.7 Å². The Kier molecular flexibility index (Phi) is 19.4. The lowest BCUT2D eigenvalue weighted by Crippen LogP contribution is -2.30. The molecular weight excluding hydrogens is 935 g/mol. The van der Waals surface area contributed by atoms with E-state index >= 15 is 0 Å². The van der Waals surface area contributed by atoms with Crippen LogP contribution in [0.3, 0.4) is 0 Å². The second-order valence-electron chi connectivity index (χ2n) is 17.5. The van der Waals surface area contributed by atoms with E-state index in [1.807, 2.05) is 13.8 Å². The highest BCUT2D eigenvalue weighted by atomic mass is 19.4. The van der Waals surface area contributed by atoms with E-state index in [0.29, 0.717) is 60.6 Å². The van der Waals surface area contributed by atoms with Crippen LogP contribution >= 0.6 is 0 Å². The van der Waals surface area contributed by atoms with E-state index in [1.54, 1.807) is 36.4 Å². The number of aliphatic hydroxyl groups is 2. The molecule has 0 saturated heterocycles. The van der Waals surface area contributed by atoms with Gasteiger partial charge in [-0.25, -0.2) is 9.59 Å². The summed E-state index contributed by atoms with van der Waals surface area (Å²) in [6.07, 6.45) is -3.57. The molecule has 71 heavy (non-hydrogen) atoms. The van der Waals surface area contributed by atoms with Gasteiger partial charge in [0, 0.05) is 40.6 Å². The molecule has 16 heteroatoms. The summed E-state index contributed by atoms with van der Waals surface area (Å²) in [5, 5.41) is 21.6. The van der Waals surface area contributed by atoms with E-state index in [9.17, 15) is 46.1 Å². The van der Waals surface area contributed by atoms with Crippen molar-refractivity contribution in [3.63, 3.8) is 0 Å². The Labute approximate surface area is 407 Å². The van der Waals surface area contributed by atoms with Crippen LogP contribution in [-0.4, -0.2) is 55.0 Å². The summed E-state index contributed by atoms with van der Waals surface area (Å²) in [5.74, 6) is 0.466. The SMILES string of the molecule is C=COCCCC(O)C(O)CCCOC(COc1ccc2cc(-c3ccc(CCCCC)cc3C(F)(F)F)c(=O)oc2c1)COc1ccc2cc(-c3ccc(CCCCC)cc3C(F)(F)F)c(=O)oc2c1. The number of aryl methyl sites for hydroxylation is 2. The van der Waals surface area contributed by atoms with Crippen LogP contribution in [0, 0.1) is 0 Å². The van der Waals surface area contributed by atoms with E-state index in [0.717, 1.165) is 50.7 Å². The van der Waals surface area contributed by atoms with E-state index in [1.165, 1.54) is 42.7 Å². The van der Waals surface area contributed by atoms with Crippen molar-refractivity contribution < 1.29 is 64.3 Å². The summed E-state index contributed by atoms with van der Waals surface area (Å²) >= 11 is 0. The largest absolute Gasteiger partial charge is 0.502 e. The molecule has 2 aromatic heterocycles. The normalized spacial score (nSPS) is 12.9. The molecule has 6 aromatic rings. The summed E-state index contributed by atoms with van der Waals surface area (Å²) in [6, 6.07) is 19.8. The zero-order valence-corrected chi connectivity index (χ0v) is 39.8. The van der Waals surface area contributed by atoms with Gasteiger partial charge in [-0.05, 0) is 111 Å². The van der Waals surface area contributed by atoms with Crippen LogP contribution < -0.4 is 20.7 Å². The predicted molar refractivity (Wildman–Crippen MR) is 260 cm³/mol. The van der Waals surface area contributed by atoms with E-state index in [2.05, 4.69) is 6.58 Å². The monoisotopic (exact) mass is 994 g/mol. The molecule has 0 bridgehead atoms. The summed E-state index contributed by atoms with van der Waals surface area (Å²) in [5.41, 5.74) is -3.67.